The van der Waals surface area contributed by atoms with Crippen LogP contribution in [0.1, 0.15) is 69.2 Å². The molecule has 0 fully saturated rings. The van der Waals surface area contributed by atoms with Gasteiger partial charge in [-0.1, -0.05) is 0 Å². The van der Waals surface area contributed by atoms with Gasteiger partial charge in [-0.05, 0) is 63.9 Å². The van der Waals surface area contributed by atoms with Crippen LogP contribution in [-0.4, -0.2) is 48.3 Å². The molecule has 0 radical (unpaired) electrons. The third-order valence-corrected chi connectivity index (χ3v) is 4.61. The van der Waals surface area contributed by atoms with Crippen molar-refractivity contribution in [3.63, 3.8) is 0 Å². The number of rotatable bonds is 11. The van der Waals surface area contributed by atoms with Crippen molar-refractivity contribution in [3.8, 4) is 5.75 Å². The van der Waals surface area contributed by atoms with Crippen molar-refractivity contribution < 1.29 is 33.4 Å². The predicted molar refractivity (Wildman–Crippen MR) is 113 cm³/mol. The molecule has 0 bridgehead atoms. The fourth-order valence-electron chi connectivity index (χ4n) is 3.06. The number of nitrogens with one attached hydrogen (secondary N) is 1. The molecule has 0 amide bonds. The quantitative estimate of drug-likeness (QED) is 0.330. The van der Waals surface area contributed by atoms with Gasteiger partial charge in [0.05, 0.1) is 13.2 Å². The van der Waals surface area contributed by atoms with Gasteiger partial charge < -0.3 is 19.2 Å². The van der Waals surface area contributed by atoms with Crippen molar-refractivity contribution in [2.24, 2.45) is 0 Å². The summed E-state index contributed by atoms with van der Waals surface area (Å²) in [7, 11) is 0. The molecule has 8 nitrogen and oxygen atoms in total. The van der Waals surface area contributed by atoms with Gasteiger partial charge in [0.2, 0.25) is 5.78 Å². The van der Waals surface area contributed by atoms with Crippen molar-refractivity contribution in [2.45, 2.75) is 40.5 Å². The monoisotopic (exact) mass is 429 g/mol. The van der Waals surface area contributed by atoms with E-state index in [1.54, 1.807) is 45.0 Å². The molecule has 0 unspecified atom stereocenters. The normalized spacial score (nSPS) is 10.5. The number of ether oxygens (including phenoxy) is 3. The maximum absolute atomic E-state index is 12.5. The molecule has 8 heteroatoms. The molecule has 0 saturated carbocycles. The zero-order valence-electron chi connectivity index (χ0n) is 18.2. The number of aromatic amines is 1. The lowest BCUT2D eigenvalue weighted by molar-refractivity contribution is -0.142. The Morgan fingerprint density at radius 3 is 2.29 bits per heavy atom. The number of carbonyl (C=O) groups excluding carboxylic acids is 4. The fourth-order valence-corrected chi connectivity index (χ4v) is 3.06. The number of benzene rings is 1. The second-order valence-electron chi connectivity index (χ2n) is 6.96. The molecule has 2 aromatic rings. The van der Waals surface area contributed by atoms with E-state index in [2.05, 4.69) is 4.98 Å². The van der Waals surface area contributed by atoms with Gasteiger partial charge in [-0.3, -0.25) is 14.4 Å². The number of H-pyrrole nitrogens is 1. The van der Waals surface area contributed by atoms with Crippen LogP contribution in [0.5, 0.6) is 5.75 Å². The predicted octanol–water partition coefficient (Wildman–Crippen LogP) is 3.60. The van der Waals surface area contributed by atoms with Crippen molar-refractivity contribution in [1.29, 1.82) is 0 Å². The molecule has 1 aromatic carbocycles. The largest absolute Gasteiger partial charge is 0.494 e. The zero-order valence-corrected chi connectivity index (χ0v) is 18.2. The molecule has 2 rings (SSSR count). The number of Topliss-reactive ketones (excluding diaryl/α,β-unsaturated/α-hetero) is 2. The standard InChI is InChI=1S/C23H27NO7/c1-5-29-23(28)22-14(2)21(15(3)24-22)19(26)13-31-20(27)7-6-12-30-18-10-8-17(9-11-18)16(4)25/h8-11,24H,5-7,12-13H2,1-4H3. The van der Waals surface area contributed by atoms with Crippen molar-refractivity contribution >= 4 is 23.5 Å². The van der Waals surface area contributed by atoms with Gasteiger partial charge in [-0.25, -0.2) is 4.79 Å². The van der Waals surface area contributed by atoms with E-state index in [1.807, 2.05) is 0 Å². The van der Waals surface area contributed by atoms with Crippen LogP contribution in [0.25, 0.3) is 0 Å². The minimum atomic E-state index is -0.532. The molecule has 0 aliphatic rings. The number of hydrogen-bond acceptors (Lipinski definition) is 7. The summed E-state index contributed by atoms with van der Waals surface area (Å²) < 4.78 is 15.6. The Morgan fingerprint density at radius 1 is 1.00 bits per heavy atom. The first-order valence-corrected chi connectivity index (χ1v) is 10.0. The summed E-state index contributed by atoms with van der Waals surface area (Å²) in [5.74, 6) is -0.859. The van der Waals surface area contributed by atoms with Crippen molar-refractivity contribution in [2.75, 3.05) is 19.8 Å². The van der Waals surface area contributed by atoms with Crippen molar-refractivity contribution in [3.05, 3.63) is 52.3 Å². The maximum atomic E-state index is 12.5. The van der Waals surface area contributed by atoms with Crippen molar-refractivity contribution in [1.82, 2.24) is 4.98 Å². The van der Waals surface area contributed by atoms with Gasteiger partial charge in [0.1, 0.15) is 11.4 Å². The van der Waals surface area contributed by atoms with E-state index < -0.39 is 24.3 Å². The molecule has 31 heavy (non-hydrogen) atoms. The van der Waals surface area contributed by atoms with Crippen LogP contribution < -0.4 is 4.74 Å². The molecule has 0 saturated heterocycles. The smallest absolute Gasteiger partial charge is 0.355 e. The van der Waals surface area contributed by atoms with E-state index in [-0.39, 0.29) is 24.5 Å². The summed E-state index contributed by atoms with van der Waals surface area (Å²) in [5, 5.41) is 0. The second-order valence-corrected chi connectivity index (χ2v) is 6.96. The Labute approximate surface area is 180 Å². The van der Waals surface area contributed by atoms with E-state index >= 15 is 0 Å². The van der Waals surface area contributed by atoms with Gasteiger partial charge in [-0.15, -0.1) is 0 Å². The lowest BCUT2D eigenvalue weighted by Gasteiger charge is -2.07. The van der Waals surface area contributed by atoms with Crippen LogP contribution >= 0.6 is 0 Å². The van der Waals surface area contributed by atoms with Crippen LogP contribution in [0, 0.1) is 13.8 Å². The van der Waals surface area contributed by atoms with Gasteiger partial charge >= 0.3 is 11.9 Å². The Bertz CT molecular complexity index is 957. The number of esters is 2. The Kier molecular flexibility index (Phi) is 8.54. The lowest BCUT2D eigenvalue weighted by atomic mass is 10.1. The minimum Gasteiger partial charge on any atom is -0.494 e. The molecule has 0 aliphatic carbocycles. The molecular formula is C23H27NO7. The van der Waals surface area contributed by atoms with Gasteiger partial charge in [0.25, 0.3) is 0 Å². The summed E-state index contributed by atoms with van der Waals surface area (Å²) in [6.45, 7) is 6.62. The number of ketones is 2. The first-order valence-electron chi connectivity index (χ1n) is 10.0. The molecular weight excluding hydrogens is 402 g/mol. The van der Waals surface area contributed by atoms with Gasteiger partial charge in [0.15, 0.2) is 12.4 Å². The highest BCUT2D eigenvalue weighted by atomic mass is 16.5. The third-order valence-electron chi connectivity index (χ3n) is 4.61. The van der Waals surface area contributed by atoms with E-state index in [9.17, 15) is 19.2 Å². The average Bonchev–Trinajstić information content (AvgIpc) is 3.04. The molecule has 0 atom stereocenters. The zero-order chi connectivity index (χ0) is 23.0. The number of carbonyl (C=O) groups is 4. The third kappa shape index (κ3) is 6.53. The Morgan fingerprint density at radius 2 is 1.68 bits per heavy atom. The van der Waals surface area contributed by atoms with Crippen LogP contribution in [0.2, 0.25) is 0 Å². The second kappa shape index (κ2) is 11.1. The van der Waals surface area contributed by atoms with Crippen LogP contribution in [0.15, 0.2) is 24.3 Å². The molecule has 1 N–H and O–H groups in total. The van der Waals surface area contributed by atoms with E-state index in [4.69, 9.17) is 14.2 Å². The summed E-state index contributed by atoms with van der Waals surface area (Å²) in [5.41, 5.74) is 2.14. The minimum absolute atomic E-state index is 0.0222. The highest BCUT2D eigenvalue weighted by Gasteiger charge is 2.23. The van der Waals surface area contributed by atoms with E-state index in [0.717, 1.165) is 0 Å². The van der Waals surface area contributed by atoms with Crippen LogP contribution in [0.3, 0.4) is 0 Å². The van der Waals surface area contributed by atoms with E-state index in [0.29, 0.717) is 41.2 Å². The summed E-state index contributed by atoms with van der Waals surface area (Å²) in [6.07, 6.45) is 0.509. The molecule has 1 aromatic heterocycles. The fraction of sp³-hybridized carbons (Fsp3) is 0.391. The van der Waals surface area contributed by atoms with Gasteiger partial charge in [-0.2, -0.15) is 0 Å². The molecule has 0 spiro atoms. The Balaban J connectivity index is 1.78. The molecule has 166 valence electrons. The highest BCUT2D eigenvalue weighted by Crippen LogP contribution is 2.20. The Hall–Kier alpha value is -3.42. The summed E-state index contributed by atoms with van der Waals surface area (Å²) >= 11 is 0. The summed E-state index contributed by atoms with van der Waals surface area (Å²) in [6, 6.07) is 6.74. The lowest BCUT2D eigenvalue weighted by Crippen LogP contribution is -2.16. The molecule has 1 heterocycles. The average molecular weight is 429 g/mol. The first kappa shape index (κ1) is 23.9. The first-order chi connectivity index (χ1) is 14.7. The van der Waals surface area contributed by atoms with Crippen LogP contribution in [0.4, 0.5) is 0 Å². The van der Waals surface area contributed by atoms with Gasteiger partial charge in [0, 0.05) is 23.2 Å². The summed E-state index contributed by atoms with van der Waals surface area (Å²) in [4.78, 5) is 50.5. The number of aryl methyl sites for hydroxylation is 1. The topological polar surface area (TPSA) is 112 Å². The highest BCUT2D eigenvalue weighted by molar-refractivity contribution is 6.03. The molecule has 0 aliphatic heterocycles. The SMILES string of the molecule is CCOC(=O)c1[nH]c(C)c(C(=O)COC(=O)CCCOc2ccc(C(C)=O)cc2)c1C. The van der Waals surface area contributed by atoms with Crippen LogP contribution in [-0.2, 0) is 14.3 Å². The number of hydrogen-bond donors (Lipinski definition) is 1. The van der Waals surface area contributed by atoms with E-state index in [1.165, 1.54) is 6.92 Å². The maximum Gasteiger partial charge on any atom is 0.355 e. The number of aromatic nitrogens is 1.